The van der Waals surface area contributed by atoms with Crippen molar-refractivity contribution < 1.29 is 8.42 Å². The van der Waals surface area contributed by atoms with Crippen LogP contribution in [-0.4, -0.2) is 18.2 Å². The Morgan fingerprint density at radius 2 is 1.71 bits per heavy atom. The van der Waals surface area contributed by atoms with E-state index in [0.717, 1.165) is 16.7 Å². The zero-order chi connectivity index (χ0) is 20.5. The average Bonchev–Trinajstić information content (AvgIpc) is 3.04. The lowest BCUT2D eigenvalue weighted by Crippen LogP contribution is -2.20. The van der Waals surface area contributed by atoms with Crippen molar-refractivity contribution in [3.8, 4) is 0 Å². The molecule has 0 spiro atoms. The van der Waals surface area contributed by atoms with Crippen LogP contribution in [0.2, 0.25) is 0 Å². The second kappa shape index (κ2) is 7.43. The molecule has 0 fully saturated rings. The number of hydrogen-bond acceptors (Lipinski definition) is 3. The van der Waals surface area contributed by atoms with Crippen molar-refractivity contribution in [2.75, 3.05) is 4.72 Å². The molecule has 0 aliphatic heterocycles. The van der Waals surface area contributed by atoms with E-state index in [-0.39, 0.29) is 4.90 Å². The Hall–Kier alpha value is -2.60. The highest BCUT2D eigenvalue weighted by Crippen LogP contribution is 2.30. The van der Waals surface area contributed by atoms with Gasteiger partial charge in [0, 0.05) is 11.6 Å². The summed E-state index contributed by atoms with van der Waals surface area (Å²) in [4.78, 5) is 0.218. The van der Waals surface area contributed by atoms with E-state index < -0.39 is 15.4 Å². The smallest absolute Gasteiger partial charge is 0.265 e. The molecule has 3 aromatic rings. The largest absolute Gasteiger partial charge is 0.279 e. The Morgan fingerprint density at radius 3 is 2.32 bits per heavy atom. The van der Waals surface area contributed by atoms with Crippen LogP contribution in [0.15, 0.2) is 59.6 Å². The highest BCUT2D eigenvalue weighted by molar-refractivity contribution is 7.92. The van der Waals surface area contributed by atoms with E-state index in [0.29, 0.717) is 17.9 Å². The topological polar surface area (TPSA) is 64.0 Å². The van der Waals surface area contributed by atoms with Crippen molar-refractivity contribution >= 4 is 15.7 Å². The zero-order valence-corrected chi connectivity index (χ0v) is 17.8. The van der Waals surface area contributed by atoms with E-state index in [4.69, 9.17) is 0 Å². The molecular weight excluding hydrogens is 370 g/mol. The summed E-state index contributed by atoms with van der Waals surface area (Å²) in [5, 5.41) is 4.62. The molecule has 0 radical (unpaired) electrons. The number of rotatable bonds is 5. The maximum absolute atomic E-state index is 13.2. The lowest BCUT2D eigenvalue weighted by molar-refractivity contribution is 0.533. The molecule has 1 N–H and O–H groups in total. The standard InChI is InChI=1S/C22H27N3O2S/c1-16-11-12-19(17(2)13-16)24-28(26,27)20-15-25(23-21(20)22(3,4)5)14-18-9-7-6-8-10-18/h6-13,15,24H,14H2,1-5H3. The quantitative estimate of drug-likeness (QED) is 0.682. The summed E-state index contributed by atoms with van der Waals surface area (Å²) in [7, 11) is -3.77. The molecule has 0 amide bonds. The molecule has 1 heterocycles. The number of nitrogens with one attached hydrogen (secondary N) is 1. The SMILES string of the molecule is Cc1ccc(NS(=O)(=O)c2cn(Cc3ccccc3)nc2C(C)(C)C)c(C)c1. The average molecular weight is 398 g/mol. The molecule has 148 valence electrons. The highest BCUT2D eigenvalue weighted by atomic mass is 32.2. The second-order valence-electron chi connectivity index (χ2n) is 8.20. The first kappa shape index (κ1) is 20.1. The van der Waals surface area contributed by atoms with Gasteiger partial charge in [0.1, 0.15) is 4.90 Å². The zero-order valence-electron chi connectivity index (χ0n) is 17.0. The maximum Gasteiger partial charge on any atom is 0.265 e. The van der Waals surface area contributed by atoms with Crippen LogP contribution >= 0.6 is 0 Å². The Kier molecular flexibility index (Phi) is 5.35. The van der Waals surface area contributed by atoms with E-state index in [1.807, 2.05) is 77.1 Å². The van der Waals surface area contributed by atoms with Gasteiger partial charge in [-0.2, -0.15) is 5.10 Å². The van der Waals surface area contributed by atoms with Gasteiger partial charge in [-0.1, -0.05) is 68.8 Å². The number of aromatic nitrogens is 2. The summed E-state index contributed by atoms with van der Waals surface area (Å²) < 4.78 is 30.9. The van der Waals surface area contributed by atoms with E-state index >= 15 is 0 Å². The third-order valence-electron chi connectivity index (χ3n) is 4.54. The van der Waals surface area contributed by atoms with Crippen LogP contribution < -0.4 is 4.72 Å². The summed E-state index contributed by atoms with van der Waals surface area (Å²) in [5.74, 6) is 0. The second-order valence-corrected chi connectivity index (χ2v) is 9.85. The van der Waals surface area contributed by atoms with Gasteiger partial charge in [0.15, 0.2) is 0 Å². The first-order valence-electron chi connectivity index (χ1n) is 9.28. The summed E-state index contributed by atoms with van der Waals surface area (Å²) >= 11 is 0. The molecular formula is C22H27N3O2S. The van der Waals surface area contributed by atoms with E-state index in [9.17, 15) is 8.42 Å². The van der Waals surface area contributed by atoms with Crippen molar-refractivity contribution in [3.05, 3.63) is 77.1 Å². The minimum absolute atomic E-state index is 0.218. The highest BCUT2D eigenvalue weighted by Gasteiger charge is 2.30. The predicted octanol–water partition coefficient (Wildman–Crippen LogP) is 4.65. The molecule has 28 heavy (non-hydrogen) atoms. The lowest BCUT2D eigenvalue weighted by Gasteiger charge is -2.18. The molecule has 1 aromatic heterocycles. The number of nitrogens with zero attached hydrogens (tertiary/aromatic N) is 2. The van der Waals surface area contributed by atoms with Crippen molar-refractivity contribution in [3.63, 3.8) is 0 Å². The van der Waals surface area contributed by atoms with E-state index in [1.54, 1.807) is 16.9 Å². The summed E-state index contributed by atoms with van der Waals surface area (Å²) in [6.07, 6.45) is 1.62. The van der Waals surface area contributed by atoms with Crippen molar-refractivity contribution in [2.45, 2.75) is 51.5 Å². The van der Waals surface area contributed by atoms with E-state index in [2.05, 4.69) is 9.82 Å². The van der Waals surface area contributed by atoms with Crippen molar-refractivity contribution in [1.29, 1.82) is 0 Å². The predicted molar refractivity (Wildman–Crippen MR) is 113 cm³/mol. The first-order valence-corrected chi connectivity index (χ1v) is 10.8. The van der Waals surface area contributed by atoms with Gasteiger partial charge >= 0.3 is 0 Å². The fourth-order valence-electron chi connectivity index (χ4n) is 3.10. The number of sulfonamides is 1. The van der Waals surface area contributed by atoms with E-state index in [1.165, 1.54) is 0 Å². The normalized spacial score (nSPS) is 12.2. The van der Waals surface area contributed by atoms with Gasteiger partial charge in [-0.25, -0.2) is 8.42 Å². The van der Waals surface area contributed by atoms with Gasteiger partial charge in [-0.05, 0) is 31.0 Å². The van der Waals surface area contributed by atoms with Gasteiger partial charge < -0.3 is 0 Å². The maximum atomic E-state index is 13.2. The summed E-state index contributed by atoms with van der Waals surface area (Å²) in [6, 6.07) is 15.5. The third-order valence-corrected chi connectivity index (χ3v) is 5.91. The van der Waals surface area contributed by atoms with Crippen molar-refractivity contribution in [1.82, 2.24) is 9.78 Å². The molecule has 0 atom stereocenters. The van der Waals surface area contributed by atoms with Gasteiger partial charge in [0.05, 0.1) is 17.9 Å². The van der Waals surface area contributed by atoms with Crippen LogP contribution in [0, 0.1) is 13.8 Å². The van der Waals surface area contributed by atoms with Crippen LogP contribution in [0.4, 0.5) is 5.69 Å². The molecule has 0 unspecified atom stereocenters. The molecule has 0 saturated carbocycles. The van der Waals surface area contributed by atoms with Crippen LogP contribution in [-0.2, 0) is 22.0 Å². The fraction of sp³-hybridized carbons (Fsp3) is 0.318. The Balaban J connectivity index is 2.01. The molecule has 6 heteroatoms. The molecule has 0 saturated heterocycles. The number of benzene rings is 2. The van der Waals surface area contributed by atoms with Gasteiger partial charge in [0.25, 0.3) is 10.0 Å². The lowest BCUT2D eigenvalue weighted by atomic mass is 9.92. The Labute approximate surface area is 167 Å². The molecule has 0 bridgehead atoms. The van der Waals surface area contributed by atoms with Crippen LogP contribution in [0.3, 0.4) is 0 Å². The number of aryl methyl sites for hydroxylation is 2. The molecule has 5 nitrogen and oxygen atoms in total. The first-order chi connectivity index (χ1) is 13.1. The molecule has 2 aromatic carbocycles. The summed E-state index contributed by atoms with van der Waals surface area (Å²) in [6.45, 7) is 10.3. The minimum atomic E-state index is -3.77. The van der Waals surface area contributed by atoms with Gasteiger partial charge in [-0.3, -0.25) is 9.40 Å². The monoisotopic (exact) mass is 397 g/mol. The Morgan fingerprint density at radius 1 is 1.04 bits per heavy atom. The van der Waals surface area contributed by atoms with Gasteiger partial charge in [-0.15, -0.1) is 0 Å². The van der Waals surface area contributed by atoms with Crippen molar-refractivity contribution in [2.24, 2.45) is 0 Å². The van der Waals surface area contributed by atoms with Crippen LogP contribution in [0.1, 0.15) is 43.2 Å². The molecule has 0 aliphatic rings. The number of anilines is 1. The number of hydrogen-bond donors (Lipinski definition) is 1. The molecule has 3 rings (SSSR count). The molecule has 0 aliphatic carbocycles. The minimum Gasteiger partial charge on any atom is -0.279 e. The fourth-order valence-corrected chi connectivity index (χ4v) is 4.59. The van der Waals surface area contributed by atoms with Crippen LogP contribution in [0.5, 0.6) is 0 Å². The third kappa shape index (κ3) is 4.44. The Bertz CT molecular complexity index is 1080. The van der Waals surface area contributed by atoms with Gasteiger partial charge in [0.2, 0.25) is 0 Å². The summed E-state index contributed by atoms with van der Waals surface area (Å²) in [5.41, 5.74) is 3.77. The van der Waals surface area contributed by atoms with Crippen LogP contribution in [0.25, 0.3) is 0 Å².